The molecule has 3 aromatic rings. The van der Waals surface area contributed by atoms with E-state index in [4.69, 9.17) is 9.47 Å². The van der Waals surface area contributed by atoms with Crippen LogP contribution in [-0.2, 0) is 13.2 Å². The summed E-state index contributed by atoms with van der Waals surface area (Å²) in [5, 5.41) is 1.93. The topological polar surface area (TPSA) is 51.7 Å². The van der Waals surface area contributed by atoms with Gasteiger partial charge in [0.05, 0.1) is 18.3 Å². The van der Waals surface area contributed by atoms with Crippen LogP contribution in [0.3, 0.4) is 0 Å². The fraction of sp³-hybridized carbons (Fsp3) is 0.200. The van der Waals surface area contributed by atoms with E-state index in [-0.39, 0.29) is 5.91 Å². The molecule has 5 nitrogen and oxygen atoms in total. The second kappa shape index (κ2) is 9.01. The molecule has 2 aromatic carbocycles. The summed E-state index contributed by atoms with van der Waals surface area (Å²) in [6.07, 6.45) is 0. The van der Waals surface area contributed by atoms with E-state index in [1.54, 1.807) is 42.8 Å². The number of benzene rings is 2. The van der Waals surface area contributed by atoms with Crippen LogP contribution in [0, 0.1) is 0 Å². The lowest BCUT2D eigenvalue weighted by Gasteiger charge is -2.19. The van der Waals surface area contributed by atoms with E-state index < -0.39 is 0 Å². The van der Waals surface area contributed by atoms with Gasteiger partial charge in [0.15, 0.2) is 11.5 Å². The number of ether oxygens (including phenoxy) is 2. The molecular formula is C20H19BrN2O3S. The average molecular weight is 447 g/mol. The van der Waals surface area contributed by atoms with Crippen LogP contribution in [0.2, 0.25) is 0 Å². The minimum absolute atomic E-state index is 0.0879. The van der Waals surface area contributed by atoms with Crippen LogP contribution >= 0.6 is 27.3 Å². The van der Waals surface area contributed by atoms with Gasteiger partial charge in [0.1, 0.15) is 6.61 Å². The zero-order chi connectivity index (χ0) is 19.2. The number of halogens is 1. The van der Waals surface area contributed by atoms with Crippen LogP contribution in [0.5, 0.6) is 11.5 Å². The summed E-state index contributed by atoms with van der Waals surface area (Å²) < 4.78 is 12.1. The van der Waals surface area contributed by atoms with Gasteiger partial charge in [-0.15, -0.1) is 11.3 Å². The highest BCUT2D eigenvalue weighted by molar-refractivity contribution is 9.10. The Morgan fingerprint density at radius 1 is 1.22 bits per heavy atom. The van der Waals surface area contributed by atoms with Crippen LogP contribution in [0.1, 0.15) is 21.6 Å². The number of carbonyl (C=O) groups is 1. The Bertz CT molecular complexity index is 915. The molecule has 0 saturated heterocycles. The van der Waals surface area contributed by atoms with Crippen molar-refractivity contribution in [2.75, 3.05) is 14.2 Å². The molecule has 1 amide bonds. The summed E-state index contributed by atoms with van der Waals surface area (Å²) >= 11 is 5.04. The van der Waals surface area contributed by atoms with Gasteiger partial charge >= 0.3 is 0 Å². The second-order valence-electron chi connectivity index (χ2n) is 5.89. The van der Waals surface area contributed by atoms with Crippen LogP contribution < -0.4 is 9.47 Å². The molecule has 0 atom stereocenters. The third kappa shape index (κ3) is 4.87. The SMILES string of the molecule is COc1cc(C(=O)N(C)Cc2ccccc2Br)ccc1OCc1cscn1. The molecule has 0 fully saturated rings. The predicted molar refractivity (Wildman–Crippen MR) is 109 cm³/mol. The average Bonchev–Trinajstić information content (AvgIpc) is 3.21. The summed E-state index contributed by atoms with van der Waals surface area (Å²) in [5.74, 6) is 1.01. The summed E-state index contributed by atoms with van der Waals surface area (Å²) in [4.78, 5) is 18.7. The van der Waals surface area contributed by atoms with E-state index in [2.05, 4.69) is 20.9 Å². The van der Waals surface area contributed by atoms with Gasteiger partial charge in [0.2, 0.25) is 0 Å². The fourth-order valence-electron chi connectivity index (χ4n) is 2.55. The number of methoxy groups -OCH3 is 1. The summed E-state index contributed by atoms with van der Waals surface area (Å²) in [6.45, 7) is 0.861. The Morgan fingerprint density at radius 2 is 2.04 bits per heavy atom. The van der Waals surface area contributed by atoms with Crippen molar-refractivity contribution < 1.29 is 14.3 Å². The van der Waals surface area contributed by atoms with Crippen molar-refractivity contribution in [2.45, 2.75) is 13.2 Å². The quantitative estimate of drug-likeness (QED) is 0.524. The molecule has 27 heavy (non-hydrogen) atoms. The highest BCUT2D eigenvalue weighted by Crippen LogP contribution is 2.29. The van der Waals surface area contributed by atoms with Crippen molar-refractivity contribution in [3.63, 3.8) is 0 Å². The monoisotopic (exact) mass is 446 g/mol. The maximum atomic E-state index is 12.8. The molecule has 0 radical (unpaired) electrons. The zero-order valence-electron chi connectivity index (χ0n) is 15.0. The Morgan fingerprint density at radius 3 is 2.74 bits per heavy atom. The van der Waals surface area contributed by atoms with Crippen molar-refractivity contribution in [3.05, 3.63) is 74.6 Å². The van der Waals surface area contributed by atoms with Crippen LogP contribution in [0.15, 0.2) is 57.8 Å². The predicted octanol–water partition coefficient (Wildman–Crippen LogP) is 4.77. The lowest BCUT2D eigenvalue weighted by Crippen LogP contribution is -2.26. The number of hydrogen-bond donors (Lipinski definition) is 0. The van der Waals surface area contributed by atoms with E-state index in [0.29, 0.717) is 30.2 Å². The Hall–Kier alpha value is -2.38. The molecule has 7 heteroatoms. The van der Waals surface area contributed by atoms with Gasteiger partial charge in [-0.1, -0.05) is 34.1 Å². The molecule has 3 rings (SSSR count). The number of carbonyl (C=O) groups excluding carboxylic acids is 1. The molecular weight excluding hydrogens is 428 g/mol. The maximum Gasteiger partial charge on any atom is 0.254 e. The number of hydrogen-bond acceptors (Lipinski definition) is 5. The van der Waals surface area contributed by atoms with Crippen molar-refractivity contribution in [2.24, 2.45) is 0 Å². The van der Waals surface area contributed by atoms with Crippen LogP contribution in [0.4, 0.5) is 0 Å². The first-order valence-electron chi connectivity index (χ1n) is 8.25. The molecule has 0 bridgehead atoms. The Kier molecular flexibility index (Phi) is 6.47. The Labute approximate surface area is 170 Å². The van der Waals surface area contributed by atoms with Crippen LogP contribution in [0.25, 0.3) is 0 Å². The van der Waals surface area contributed by atoms with Gasteiger partial charge in [-0.2, -0.15) is 0 Å². The maximum absolute atomic E-state index is 12.8. The van der Waals surface area contributed by atoms with E-state index in [0.717, 1.165) is 15.7 Å². The third-order valence-electron chi connectivity index (χ3n) is 3.98. The molecule has 0 unspecified atom stereocenters. The van der Waals surface area contributed by atoms with Crippen molar-refractivity contribution in [3.8, 4) is 11.5 Å². The van der Waals surface area contributed by atoms with Gasteiger partial charge in [0.25, 0.3) is 5.91 Å². The number of rotatable bonds is 7. The van der Waals surface area contributed by atoms with Gasteiger partial charge in [-0.3, -0.25) is 4.79 Å². The van der Waals surface area contributed by atoms with E-state index in [1.165, 1.54) is 11.3 Å². The first kappa shape index (κ1) is 19.4. The molecule has 0 aliphatic rings. The minimum atomic E-state index is -0.0879. The number of amides is 1. The molecule has 0 aliphatic heterocycles. The van der Waals surface area contributed by atoms with Gasteiger partial charge in [-0.05, 0) is 29.8 Å². The number of thiazole rings is 1. The lowest BCUT2D eigenvalue weighted by atomic mass is 10.1. The molecule has 0 spiro atoms. The fourth-order valence-corrected chi connectivity index (χ4v) is 3.51. The van der Waals surface area contributed by atoms with Gasteiger partial charge in [0, 0.05) is 29.0 Å². The van der Waals surface area contributed by atoms with Crippen molar-refractivity contribution >= 4 is 33.2 Å². The highest BCUT2D eigenvalue weighted by atomic mass is 79.9. The number of aromatic nitrogens is 1. The van der Waals surface area contributed by atoms with E-state index in [1.807, 2.05) is 29.6 Å². The molecule has 1 aromatic heterocycles. The highest BCUT2D eigenvalue weighted by Gasteiger charge is 2.16. The largest absolute Gasteiger partial charge is 0.493 e. The van der Waals surface area contributed by atoms with Crippen molar-refractivity contribution in [1.29, 1.82) is 0 Å². The van der Waals surface area contributed by atoms with Crippen molar-refractivity contribution in [1.82, 2.24) is 9.88 Å². The van der Waals surface area contributed by atoms with E-state index >= 15 is 0 Å². The van der Waals surface area contributed by atoms with Gasteiger partial charge in [-0.25, -0.2) is 4.98 Å². The number of nitrogens with zero attached hydrogens (tertiary/aromatic N) is 2. The lowest BCUT2D eigenvalue weighted by molar-refractivity contribution is 0.0784. The standard InChI is InChI=1S/C20H19BrN2O3S/c1-23(10-15-5-3-4-6-17(15)21)20(24)14-7-8-18(19(9-14)25-2)26-11-16-12-27-13-22-16/h3-9,12-13H,10-11H2,1-2H3. The smallest absolute Gasteiger partial charge is 0.254 e. The first-order chi connectivity index (χ1) is 13.1. The molecule has 0 saturated carbocycles. The minimum Gasteiger partial charge on any atom is -0.493 e. The second-order valence-corrected chi connectivity index (χ2v) is 7.46. The zero-order valence-corrected chi connectivity index (χ0v) is 17.4. The third-order valence-corrected chi connectivity index (χ3v) is 5.39. The normalized spacial score (nSPS) is 10.5. The van der Waals surface area contributed by atoms with E-state index in [9.17, 15) is 4.79 Å². The summed E-state index contributed by atoms with van der Waals surface area (Å²) in [5.41, 5.74) is 4.21. The summed E-state index contributed by atoms with van der Waals surface area (Å²) in [6, 6.07) is 13.1. The first-order valence-corrected chi connectivity index (χ1v) is 9.99. The molecule has 0 aliphatic carbocycles. The van der Waals surface area contributed by atoms with Gasteiger partial charge < -0.3 is 14.4 Å². The molecule has 1 heterocycles. The summed E-state index contributed by atoms with van der Waals surface area (Å²) in [7, 11) is 3.34. The molecule has 0 N–H and O–H groups in total. The van der Waals surface area contributed by atoms with Crippen LogP contribution in [-0.4, -0.2) is 29.9 Å². The molecule has 140 valence electrons. The Balaban J connectivity index is 1.71.